The van der Waals surface area contributed by atoms with Gasteiger partial charge in [-0.15, -0.1) is 0 Å². The van der Waals surface area contributed by atoms with E-state index in [1.54, 1.807) is 24.4 Å². The average Bonchev–Trinajstić information content (AvgIpc) is 3.52. The molecule has 1 N–H and O–H groups in total. The van der Waals surface area contributed by atoms with E-state index in [-0.39, 0.29) is 17.2 Å². The Morgan fingerprint density at radius 2 is 1.97 bits per heavy atom. The molecule has 11 heteroatoms. The number of hydrogen-bond donors (Lipinski definition) is 1. The Hall–Kier alpha value is -3.54. The fourth-order valence-electron chi connectivity index (χ4n) is 4.11. The summed E-state index contributed by atoms with van der Waals surface area (Å²) in [5.74, 6) is 1.17. The number of imidazole rings is 1. The maximum absolute atomic E-state index is 13.0. The van der Waals surface area contributed by atoms with Crippen LogP contribution < -0.4 is 5.32 Å². The van der Waals surface area contributed by atoms with Gasteiger partial charge in [-0.05, 0) is 30.3 Å². The largest absolute Gasteiger partial charge is 0.444 e. The van der Waals surface area contributed by atoms with Crippen molar-refractivity contribution in [3.63, 3.8) is 0 Å². The number of oxazole rings is 1. The monoisotopic (exact) mass is 495 g/mol. The molecule has 3 heterocycles. The van der Waals surface area contributed by atoms with Crippen LogP contribution in [0.4, 0.5) is 5.69 Å². The Bertz CT molecular complexity index is 1460. The first-order valence-electron chi connectivity index (χ1n) is 11.2. The number of aromatic nitrogens is 3. The smallest absolute Gasteiger partial charge is 0.243 e. The molecule has 0 bridgehead atoms. The van der Waals surface area contributed by atoms with Crippen LogP contribution in [0.2, 0.25) is 0 Å². The second kappa shape index (κ2) is 9.61. The predicted octanol–water partition coefficient (Wildman–Crippen LogP) is 2.82. The van der Waals surface area contributed by atoms with Crippen LogP contribution in [0.3, 0.4) is 0 Å². The van der Waals surface area contributed by atoms with Crippen LogP contribution in [0, 0.1) is 0 Å². The van der Waals surface area contributed by atoms with Crippen LogP contribution in [0.25, 0.3) is 22.4 Å². The molecule has 1 aliphatic heterocycles. The maximum atomic E-state index is 13.0. The summed E-state index contributed by atoms with van der Waals surface area (Å²) in [5.41, 5.74) is 2.86. The van der Waals surface area contributed by atoms with Crippen molar-refractivity contribution in [3.05, 3.63) is 60.9 Å². The van der Waals surface area contributed by atoms with Crippen molar-refractivity contribution >= 4 is 32.7 Å². The van der Waals surface area contributed by atoms with Gasteiger partial charge in [-0.3, -0.25) is 4.79 Å². The molecular formula is C24H25N5O5S. The molecule has 4 aromatic rings. The number of ether oxygens (including phenoxy) is 1. The van der Waals surface area contributed by atoms with Crippen molar-refractivity contribution < 1.29 is 22.4 Å². The van der Waals surface area contributed by atoms with Crippen molar-refractivity contribution in [1.82, 2.24) is 18.8 Å². The number of sulfonamides is 1. The van der Waals surface area contributed by atoms with E-state index < -0.39 is 10.0 Å². The molecule has 1 amide bonds. The molecule has 0 atom stereocenters. The fraction of sp³-hybridized carbons (Fsp3) is 0.292. The molecule has 10 nitrogen and oxygen atoms in total. The van der Waals surface area contributed by atoms with Gasteiger partial charge in [0.25, 0.3) is 0 Å². The highest BCUT2D eigenvalue weighted by molar-refractivity contribution is 7.89. The van der Waals surface area contributed by atoms with Crippen LogP contribution in [-0.2, 0) is 33.0 Å². The molecule has 0 aliphatic carbocycles. The molecule has 5 rings (SSSR count). The summed E-state index contributed by atoms with van der Waals surface area (Å²) in [6.07, 6.45) is 3.61. The first kappa shape index (κ1) is 23.2. The van der Waals surface area contributed by atoms with Gasteiger partial charge in [0.05, 0.1) is 35.3 Å². The van der Waals surface area contributed by atoms with Crippen molar-refractivity contribution in [3.8, 4) is 11.3 Å². The molecule has 35 heavy (non-hydrogen) atoms. The van der Waals surface area contributed by atoms with Crippen LogP contribution in [0.15, 0.2) is 64.4 Å². The molecule has 182 valence electrons. The third-order valence-electron chi connectivity index (χ3n) is 5.99. The van der Waals surface area contributed by atoms with Crippen molar-refractivity contribution in [1.29, 1.82) is 0 Å². The van der Waals surface area contributed by atoms with E-state index in [1.165, 1.54) is 10.7 Å². The lowest BCUT2D eigenvalue weighted by molar-refractivity contribution is -0.116. The van der Waals surface area contributed by atoms with Crippen LogP contribution in [-0.4, -0.2) is 59.5 Å². The third kappa shape index (κ3) is 4.83. The van der Waals surface area contributed by atoms with E-state index in [0.29, 0.717) is 55.5 Å². The molecular weight excluding hydrogens is 470 g/mol. The normalized spacial score (nSPS) is 14.9. The van der Waals surface area contributed by atoms with Gasteiger partial charge in [-0.25, -0.2) is 18.4 Å². The number of benzene rings is 2. The number of rotatable bonds is 7. The molecule has 0 saturated carbocycles. The van der Waals surface area contributed by atoms with Gasteiger partial charge in [-0.2, -0.15) is 4.31 Å². The number of fused-ring (bicyclic) bond motifs is 1. The zero-order valence-electron chi connectivity index (χ0n) is 19.2. The summed E-state index contributed by atoms with van der Waals surface area (Å²) in [5, 5.41) is 2.90. The van der Waals surface area contributed by atoms with Crippen LogP contribution >= 0.6 is 0 Å². The lowest BCUT2D eigenvalue weighted by atomic mass is 10.1. The standard InChI is InChI=1S/C24H25N5O5S/c1-28-21-6-5-19(35(31,32)29-9-11-33-12-10-29)14-20(21)27-23(28)7-8-24(30)26-18-4-2-3-17(13-18)22-15-25-16-34-22/h2-6,13-16H,7-12H2,1H3,(H,26,30). The van der Waals surface area contributed by atoms with Gasteiger partial charge < -0.3 is 19.0 Å². The summed E-state index contributed by atoms with van der Waals surface area (Å²) >= 11 is 0. The van der Waals surface area contributed by atoms with Gasteiger partial charge in [0.2, 0.25) is 15.9 Å². The second-order valence-electron chi connectivity index (χ2n) is 8.25. The number of nitrogens with zero attached hydrogens (tertiary/aromatic N) is 4. The molecule has 1 saturated heterocycles. The van der Waals surface area contributed by atoms with Gasteiger partial charge in [0.15, 0.2) is 12.2 Å². The lowest BCUT2D eigenvalue weighted by Crippen LogP contribution is -2.40. The fourth-order valence-corrected chi connectivity index (χ4v) is 5.54. The zero-order valence-corrected chi connectivity index (χ0v) is 20.0. The number of nitrogens with one attached hydrogen (secondary N) is 1. The minimum Gasteiger partial charge on any atom is -0.444 e. The van der Waals surface area contributed by atoms with Crippen molar-refractivity contribution in [2.45, 2.75) is 17.7 Å². The van der Waals surface area contributed by atoms with Gasteiger partial charge >= 0.3 is 0 Å². The van der Waals surface area contributed by atoms with Crippen molar-refractivity contribution in [2.24, 2.45) is 7.05 Å². The Morgan fingerprint density at radius 1 is 1.14 bits per heavy atom. The quantitative estimate of drug-likeness (QED) is 0.419. The predicted molar refractivity (Wildman–Crippen MR) is 129 cm³/mol. The minimum absolute atomic E-state index is 0.151. The van der Waals surface area contributed by atoms with Crippen molar-refractivity contribution in [2.75, 3.05) is 31.6 Å². The number of carbonyl (C=O) groups is 1. The highest BCUT2D eigenvalue weighted by Crippen LogP contribution is 2.24. The number of amides is 1. The van der Waals surface area contributed by atoms with E-state index in [9.17, 15) is 13.2 Å². The van der Waals surface area contributed by atoms with E-state index in [1.807, 2.05) is 35.9 Å². The number of morpholine rings is 1. The SMILES string of the molecule is Cn1c(CCC(=O)Nc2cccc(-c3cnco3)c2)nc2cc(S(=O)(=O)N3CCOCC3)ccc21. The number of carbonyl (C=O) groups excluding carboxylic acids is 1. The summed E-state index contributed by atoms with van der Waals surface area (Å²) < 4.78 is 39.9. The number of aryl methyl sites for hydroxylation is 2. The van der Waals surface area contributed by atoms with E-state index >= 15 is 0 Å². The molecule has 0 spiro atoms. The first-order chi connectivity index (χ1) is 16.9. The molecule has 0 radical (unpaired) electrons. The maximum Gasteiger partial charge on any atom is 0.243 e. The first-order valence-corrected chi connectivity index (χ1v) is 12.7. The Labute approximate surface area is 202 Å². The van der Waals surface area contributed by atoms with Crippen LogP contribution in [0.5, 0.6) is 0 Å². The summed E-state index contributed by atoms with van der Waals surface area (Å²) in [6, 6.07) is 12.3. The molecule has 2 aromatic heterocycles. The number of anilines is 1. The average molecular weight is 496 g/mol. The Balaban J connectivity index is 1.28. The summed E-state index contributed by atoms with van der Waals surface area (Å²) in [7, 11) is -1.75. The van der Waals surface area contributed by atoms with E-state index in [0.717, 1.165) is 11.1 Å². The zero-order chi connectivity index (χ0) is 24.4. The van der Waals surface area contributed by atoms with Gasteiger partial charge in [0, 0.05) is 44.2 Å². The van der Waals surface area contributed by atoms with E-state index in [2.05, 4.69) is 15.3 Å². The van der Waals surface area contributed by atoms with E-state index in [4.69, 9.17) is 9.15 Å². The highest BCUT2D eigenvalue weighted by atomic mass is 32.2. The van der Waals surface area contributed by atoms with Gasteiger partial charge in [0.1, 0.15) is 5.82 Å². The topological polar surface area (TPSA) is 120 Å². The highest BCUT2D eigenvalue weighted by Gasteiger charge is 2.27. The Morgan fingerprint density at radius 3 is 2.74 bits per heavy atom. The molecule has 0 unspecified atom stereocenters. The molecule has 1 aliphatic rings. The summed E-state index contributed by atoms with van der Waals surface area (Å²) in [4.78, 5) is 21.3. The molecule has 1 fully saturated rings. The lowest BCUT2D eigenvalue weighted by Gasteiger charge is -2.26. The molecule has 2 aromatic carbocycles. The third-order valence-corrected chi connectivity index (χ3v) is 7.89. The minimum atomic E-state index is -3.61. The summed E-state index contributed by atoms with van der Waals surface area (Å²) in [6.45, 7) is 1.46. The second-order valence-corrected chi connectivity index (χ2v) is 10.2. The van der Waals surface area contributed by atoms with Crippen LogP contribution in [0.1, 0.15) is 12.2 Å². The Kier molecular flexibility index (Phi) is 6.37. The number of hydrogen-bond acceptors (Lipinski definition) is 7. The van der Waals surface area contributed by atoms with Gasteiger partial charge in [-0.1, -0.05) is 12.1 Å².